The fourth-order valence-corrected chi connectivity index (χ4v) is 3.28. The second kappa shape index (κ2) is 4.92. The zero-order valence-corrected chi connectivity index (χ0v) is 11.8. The van der Waals surface area contributed by atoms with Crippen molar-refractivity contribution < 1.29 is 5.11 Å². The van der Waals surface area contributed by atoms with E-state index in [-0.39, 0.29) is 5.41 Å². The van der Waals surface area contributed by atoms with Gasteiger partial charge in [0.15, 0.2) is 0 Å². The van der Waals surface area contributed by atoms with Gasteiger partial charge in [-0.3, -0.25) is 0 Å². The molecule has 3 rings (SSSR count). The summed E-state index contributed by atoms with van der Waals surface area (Å²) in [6.45, 7) is 2.23. The second-order valence-electron chi connectivity index (χ2n) is 6.13. The molecule has 1 saturated carbocycles. The average molecular weight is 264 g/mol. The molecule has 1 fully saturated rings. The summed E-state index contributed by atoms with van der Waals surface area (Å²) in [5.41, 5.74) is 1.88. The molecule has 0 aliphatic heterocycles. The van der Waals surface area contributed by atoms with Crippen LogP contribution in [-0.2, 0) is 5.41 Å². The van der Waals surface area contributed by atoms with E-state index >= 15 is 0 Å². The summed E-state index contributed by atoms with van der Waals surface area (Å²) in [6.07, 6.45) is 5.54. The lowest BCUT2D eigenvalue weighted by Crippen LogP contribution is -2.51. The third kappa shape index (κ3) is 2.54. The Balaban J connectivity index is 1.71. The maximum absolute atomic E-state index is 10.6. The molecule has 1 aliphatic carbocycles. The van der Waals surface area contributed by atoms with Crippen LogP contribution < -0.4 is 0 Å². The number of benzene rings is 2. The standard InChI is InChI=1S/C19H20O/c1-18(17-10-6-3-7-11-17)14-19(20,15-18)13-12-16-8-4-2-5-9-16/h2-13,20H,14-15H2,1H3/b13-12+. The van der Waals surface area contributed by atoms with E-state index in [4.69, 9.17) is 0 Å². The van der Waals surface area contributed by atoms with Crippen molar-refractivity contribution in [2.45, 2.75) is 30.8 Å². The van der Waals surface area contributed by atoms with Crippen LogP contribution in [0.2, 0.25) is 0 Å². The van der Waals surface area contributed by atoms with Crippen molar-refractivity contribution in [1.82, 2.24) is 0 Å². The van der Waals surface area contributed by atoms with Gasteiger partial charge in [0, 0.05) is 0 Å². The van der Waals surface area contributed by atoms with E-state index in [2.05, 4.69) is 43.3 Å². The quantitative estimate of drug-likeness (QED) is 0.881. The van der Waals surface area contributed by atoms with Crippen molar-refractivity contribution in [3.63, 3.8) is 0 Å². The van der Waals surface area contributed by atoms with Crippen molar-refractivity contribution in [2.24, 2.45) is 0 Å². The topological polar surface area (TPSA) is 20.2 Å². The minimum Gasteiger partial charge on any atom is -0.386 e. The molecule has 2 aromatic rings. The first kappa shape index (κ1) is 13.1. The van der Waals surface area contributed by atoms with Crippen LogP contribution in [0.4, 0.5) is 0 Å². The predicted octanol–water partition coefficient (Wildman–Crippen LogP) is 4.18. The van der Waals surface area contributed by atoms with E-state index in [9.17, 15) is 5.11 Å². The van der Waals surface area contributed by atoms with Crippen LogP contribution in [0, 0.1) is 0 Å². The number of hydrogen-bond donors (Lipinski definition) is 1. The Bertz CT molecular complexity index is 592. The third-order valence-corrected chi connectivity index (χ3v) is 4.25. The number of rotatable bonds is 3. The molecule has 1 nitrogen and oxygen atoms in total. The maximum Gasteiger partial charge on any atom is 0.0847 e. The number of hydrogen-bond acceptors (Lipinski definition) is 1. The Morgan fingerprint density at radius 2 is 1.45 bits per heavy atom. The lowest BCUT2D eigenvalue weighted by molar-refractivity contribution is -0.0431. The van der Waals surface area contributed by atoms with Crippen molar-refractivity contribution in [3.05, 3.63) is 77.9 Å². The van der Waals surface area contributed by atoms with Crippen molar-refractivity contribution in [1.29, 1.82) is 0 Å². The summed E-state index contributed by atoms with van der Waals surface area (Å²) in [7, 11) is 0. The zero-order valence-electron chi connectivity index (χ0n) is 11.8. The van der Waals surface area contributed by atoms with Crippen LogP contribution in [0.25, 0.3) is 6.08 Å². The first-order valence-electron chi connectivity index (χ1n) is 7.12. The molecule has 2 aromatic carbocycles. The van der Waals surface area contributed by atoms with E-state index in [0.29, 0.717) is 0 Å². The summed E-state index contributed by atoms with van der Waals surface area (Å²) >= 11 is 0. The summed E-state index contributed by atoms with van der Waals surface area (Å²) in [6, 6.07) is 20.6. The van der Waals surface area contributed by atoms with Crippen LogP contribution in [0.15, 0.2) is 66.7 Å². The molecule has 1 aliphatic rings. The Hall–Kier alpha value is -1.86. The number of aliphatic hydroxyl groups is 1. The van der Waals surface area contributed by atoms with Crippen molar-refractivity contribution in [3.8, 4) is 0 Å². The average Bonchev–Trinajstić information content (AvgIpc) is 2.46. The molecule has 0 heterocycles. The molecule has 20 heavy (non-hydrogen) atoms. The van der Waals surface area contributed by atoms with E-state index in [1.807, 2.05) is 36.4 Å². The van der Waals surface area contributed by atoms with Gasteiger partial charge in [-0.25, -0.2) is 0 Å². The summed E-state index contributed by atoms with van der Waals surface area (Å²) in [5, 5.41) is 10.6. The van der Waals surface area contributed by atoms with Gasteiger partial charge in [-0.15, -0.1) is 0 Å². The monoisotopic (exact) mass is 264 g/mol. The van der Waals surface area contributed by atoms with Gasteiger partial charge in [0.2, 0.25) is 0 Å². The lowest BCUT2D eigenvalue weighted by atomic mass is 9.57. The van der Waals surface area contributed by atoms with Gasteiger partial charge < -0.3 is 5.11 Å². The highest BCUT2D eigenvalue weighted by Gasteiger charge is 2.50. The fourth-order valence-electron chi connectivity index (χ4n) is 3.28. The van der Waals surface area contributed by atoms with Gasteiger partial charge in [0.25, 0.3) is 0 Å². The van der Waals surface area contributed by atoms with E-state index in [0.717, 1.165) is 18.4 Å². The highest BCUT2D eigenvalue weighted by molar-refractivity contribution is 5.51. The fraction of sp³-hybridized carbons (Fsp3) is 0.263. The molecule has 0 atom stereocenters. The maximum atomic E-state index is 10.6. The molecule has 0 unspecified atom stereocenters. The van der Waals surface area contributed by atoms with Gasteiger partial charge in [-0.05, 0) is 29.4 Å². The molecule has 0 radical (unpaired) electrons. The highest BCUT2D eigenvalue weighted by Crippen LogP contribution is 2.50. The van der Waals surface area contributed by atoms with Crippen LogP contribution in [-0.4, -0.2) is 10.7 Å². The minimum absolute atomic E-state index is 0.0943. The highest BCUT2D eigenvalue weighted by atomic mass is 16.3. The first-order chi connectivity index (χ1) is 9.60. The molecule has 0 aromatic heterocycles. The molecule has 0 bridgehead atoms. The molecule has 0 amide bonds. The lowest BCUT2D eigenvalue weighted by Gasteiger charge is -2.50. The van der Waals surface area contributed by atoms with Gasteiger partial charge in [-0.2, -0.15) is 0 Å². The van der Waals surface area contributed by atoms with Gasteiger partial charge in [0.05, 0.1) is 5.60 Å². The predicted molar refractivity (Wildman–Crippen MR) is 83.5 cm³/mol. The SMILES string of the molecule is CC1(c2ccccc2)CC(O)(/C=C/c2ccccc2)C1. The summed E-state index contributed by atoms with van der Waals surface area (Å²) < 4.78 is 0. The van der Waals surface area contributed by atoms with E-state index in [1.54, 1.807) is 0 Å². The van der Waals surface area contributed by atoms with E-state index < -0.39 is 5.60 Å². The minimum atomic E-state index is -0.666. The Kier molecular flexibility index (Phi) is 3.23. The normalized spacial score (nSPS) is 29.3. The molecular formula is C19H20O. The largest absolute Gasteiger partial charge is 0.386 e. The van der Waals surface area contributed by atoms with Crippen LogP contribution in [0.5, 0.6) is 0 Å². The first-order valence-corrected chi connectivity index (χ1v) is 7.12. The van der Waals surface area contributed by atoms with Crippen LogP contribution >= 0.6 is 0 Å². The van der Waals surface area contributed by atoms with Gasteiger partial charge >= 0.3 is 0 Å². The third-order valence-electron chi connectivity index (χ3n) is 4.25. The van der Waals surface area contributed by atoms with Crippen molar-refractivity contribution in [2.75, 3.05) is 0 Å². The Labute approximate surface area is 120 Å². The van der Waals surface area contributed by atoms with Gasteiger partial charge in [-0.1, -0.05) is 79.7 Å². The summed E-state index contributed by atoms with van der Waals surface area (Å²) in [5.74, 6) is 0. The van der Waals surface area contributed by atoms with Crippen LogP contribution in [0.1, 0.15) is 30.9 Å². The molecular weight excluding hydrogens is 244 g/mol. The van der Waals surface area contributed by atoms with E-state index in [1.165, 1.54) is 5.56 Å². The summed E-state index contributed by atoms with van der Waals surface area (Å²) in [4.78, 5) is 0. The molecule has 1 N–H and O–H groups in total. The Morgan fingerprint density at radius 1 is 0.900 bits per heavy atom. The molecule has 0 saturated heterocycles. The smallest absolute Gasteiger partial charge is 0.0847 e. The molecule has 1 heteroatoms. The van der Waals surface area contributed by atoms with Gasteiger partial charge in [0.1, 0.15) is 0 Å². The second-order valence-corrected chi connectivity index (χ2v) is 6.13. The van der Waals surface area contributed by atoms with Crippen LogP contribution in [0.3, 0.4) is 0 Å². The van der Waals surface area contributed by atoms with Crippen molar-refractivity contribution >= 4 is 6.08 Å². The zero-order chi connectivity index (χ0) is 14.1. The molecule has 0 spiro atoms. The Morgan fingerprint density at radius 3 is 2.05 bits per heavy atom. The molecule has 102 valence electrons.